The second-order valence-corrected chi connectivity index (χ2v) is 8.04. The first-order valence-electron chi connectivity index (χ1n) is 7.99. The third-order valence-electron chi connectivity index (χ3n) is 3.63. The highest BCUT2D eigenvalue weighted by Crippen LogP contribution is 2.22. The number of hydrogen-bond donors (Lipinski definition) is 1. The van der Waals surface area contributed by atoms with Gasteiger partial charge in [-0.15, -0.1) is 0 Å². The molecular formula is C17H17ClN4O6S. The highest BCUT2D eigenvalue weighted by molar-refractivity contribution is 7.92. The van der Waals surface area contributed by atoms with E-state index in [4.69, 9.17) is 16.3 Å². The number of methoxy groups -OCH3 is 1. The van der Waals surface area contributed by atoms with Crippen molar-refractivity contribution in [1.29, 1.82) is 0 Å². The first-order valence-corrected chi connectivity index (χ1v) is 10.2. The van der Waals surface area contributed by atoms with Crippen LogP contribution in [0.2, 0.25) is 5.02 Å². The fourth-order valence-electron chi connectivity index (χ4n) is 2.23. The van der Waals surface area contributed by atoms with Crippen molar-refractivity contribution in [1.82, 2.24) is 5.43 Å². The Kier molecular flexibility index (Phi) is 7.13. The number of anilines is 1. The molecule has 12 heteroatoms. The molecule has 0 radical (unpaired) electrons. The lowest BCUT2D eigenvalue weighted by Gasteiger charge is -2.21. The number of carbonyl (C=O) groups excluding carboxylic acids is 1. The molecule has 0 aliphatic heterocycles. The summed E-state index contributed by atoms with van der Waals surface area (Å²) in [5, 5.41) is 14.7. The number of nitrogens with one attached hydrogen (secondary N) is 1. The van der Waals surface area contributed by atoms with Gasteiger partial charge in [0.05, 0.1) is 30.2 Å². The van der Waals surface area contributed by atoms with E-state index in [1.165, 1.54) is 37.4 Å². The van der Waals surface area contributed by atoms with E-state index < -0.39 is 27.4 Å². The van der Waals surface area contributed by atoms with Crippen LogP contribution in [0.1, 0.15) is 5.56 Å². The molecule has 0 heterocycles. The fourth-order valence-corrected chi connectivity index (χ4v) is 3.25. The van der Waals surface area contributed by atoms with Crippen LogP contribution in [0.15, 0.2) is 47.6 Å². The molecule has 0 bridgehead atoms. The van der Waals surface area contributed by atoms with Crippen molar-refractivity contribution in [2.75, 3.05) is 24.2 Å². The van der Waals surface area contributed by atoms with Crippen LogP contribution in [0.4, 0.5) is 11.4 Å². The fraction of sp³-hybridized carbons (Fsp3) is 0.176. The summed E-state index contributed by atoms with van der Waals surface area (Å²) < 4.78 is 30.0. The van der Waals surface area contributed by atoms with Crippen LogP contribution < -0.4 is 14.5 Å². The Morgan fingerprint density at radius 2 is 1.97 bits per heavy atom. The van der Waals surface area contributed by atoms with Crippen molar-refractivity contribution in [2.24, 2.45) is 5.10 Å². The number of non-ortho nitro benzene ring substituents is 1. The zero-order chi connectivity index (χ0) is 21.6. The summed E-state index contributed by atoms with van der Waals surface area (Å²) in [5.74, 6) is -0.186. The van der Waals surface area contributed by atoms with E-state index in [2.05, 4.69) is 10.5 Å². The number of ether oxygens (including phenoxy) is 1. The number of rotatable bonds is 8. The second-order valence-electron chi connectivity index (χ2n) is 5.72. The molecule has 0 unspecified atom stereocenters. The van der Waals surface area contributed by atoms with Crippen molar-refractivity contribution in [2.45, 2.75) is 0 Å². The van der Waals surface area contributed by atoms with E-state index in [0.717, 1.165) is 16.8 Å². The number of nitro benzene ring substituents is 1. The van der Waals surface area contributed by atoms with Gasteiger partial charge in [0, 0.05) is 22.7 Å². The molecule has 10 nitrogen and oxygen atoms in total. The van der Waals surface area contributed by atoms with Gasteiger partial charge in [0.25, 0.3) is 11.6 Å². The van der Waals surface area contributed by atoms with Crippen LogP contribution in [-0.4, -0.2) is 45.4 Å². The Bertz CT molecular complexity index is 1040. The third-order valence-corrected chi connectivity index (χ3v) is 5.12. The molecule has 0 saturated heterocycles. The molecular weight excluding hydrogens is 424 g/mol. The molecule has 1 N–H and O–H groups in total. The quantitative estimate of drug-likeness (QED) is 0.380. The molecule has 0 fully saturated rings. The van der Waals surface area contributed by atoms with Crippen LogP contribution in [0, 0.1) is 10.1 Å². The largest absolute Gasteiger partial charge is 0.497 e. The highest BCUT2D eigenvalue weighted by atomic mass is 35.5. The first kappa shape index (κ1) is 22.1. The Balaban J connectivity index is 2.12. The monoisotopic (exact) mass is 440 g/mol. The Hall–Kier alpha value is -3.18. The SMILES string of the molecule is COc1ccc(N(CC(=O)N/N=C\c2cc([N+](=O)[O-])ccc2Cl)S(C)(=O)=O)cc1. The number of nitrogens with zero attached hydrogens (tertiary/aromatic N) is 3. The summed E-state index contributed by atoms with van der Waals surface area (Å²) in [4.78, 5) is 22.4. The molecule has 2 aromatic carbocycles. The van der Waals surface area contributed by atoms with Crippen molar-refractivity contribution < 1.29 is 22.9 Å². The van der Waals surface area contributed by atoms with Crippen LogP contribution in [-0.2, 0) is 14.8 Å². The molecule has 154 valence electrons. The second kappa shape index (κ2) is 9.34. The number of benzene rings is 2. The van der Waals surface area contributed by atoms with Gasteiger partial charge in [0.15, 0.2) is 0 Å². The molecule has 0 saturated carbocycles. The van der Waals surface area contributed by atoms with Crippen LogP contribution in [0.25, 0.3) is 0 Å². The van der Waals surface area contributed by atoms with Crippen LogP contribution in [0.3, 0.4) is 0 Å². The zero-order valence-corrected chi connectivity index (χ0v) is 17.0. The van der Waals surface area contributed by atoms with Crippen molar-refractivity contribution >= 4 is 45.1 Å². The van der Waals surface area contributed by atoms with E-state index in [0.29, 0.717) is 5.75 Å². The maximum Gasteiger partial charge on any atom is 0.270 e. The zero-order valence-electron chi connectivity index (χ0n) is 15.4. The van der Waals surface area contributed by atoms with Gasteiger partial charge < -0.3 is 4.74 Å². The normalized spacial score (nSPS) is 11.3. The Morgan fingerprint density at radius 3 is 2.52 bits per heavy atom. The van der Waals surface area contributed by atoms with Crippen molar-refractivity contribution in [3.05, 3.63) is 63.2 Å². The first-order chi connectivity index (χ1) is 13.6. The van der Waals surface area contributed by atoms with E-state index >= 15 is 0 Å². The third kappa shape index (κ3) is 6.16. The van der Waals surface area contributed by atoms with E-state index in [-0.39, 0.29) is 22.0 Å². The van der Waals surface area contributed by atoms with Gasteiger partial charge in [0.2, 0.25) is 10.0 Å². The Morgan fingerprint density at radius 1 is 1.31 bits per heavy atom. The predicted octanol–water partition coefficient (Wildman–Crippen LogP) is 2.17. The maximum atomic E-state index is 12.1. The highest BCUT2D eigenvalue weighted by Gasteiger charge is 2.20. The lowest BCUT2D eigenvalue weighted by Crippen LogP contribution is -2.39. The van der Waals surface area contributed by atoms with Gasteiger partial charge in [-0.1, -0.05) is 11.6 Å². The van der Waals surface area contributed by atoms with Gasteiger partial charge in [0.1, 0.15) is 12.3 Å². The number of amides is 1. The number of hydrazone groups is 1. The summed E-state index contributed by atoms with van der Waals surface area (Å²) in [7, 11) is -2.27. The molecule has 0 atom stereocenters. The van der Waals surface area contributed by atoms with Gasteiger partial charge in [-0.2, -0.15) is 5.10 Å². The summed E-state index contributed by atoms with van der Waals surface area (Å²) in [6, 6.07) is 9.88. The van der Waals surface area contributed by atoms with Crippen LogP contribution >= 0.6 is 11.6 Å². The van der Waals surface area contributed by atoms with Gasteiger partial charge in [-0.05, 0) is 30.3 Å². The lowest BCUT2D eigenvalue weighted by molar-refractivity contribution is -0.384. The molecule has 0 aromatic heterocycles. The standard InChI is InChI=1S/C17H17ClN4O6S/c1-28-15-6-3-13(4-7-15)21(29(2,26)27)11-17(23)20-19-10-12-9-14(22(24)25)5-8-16(12)18/h3-10H,11H2,1-2H3,(H,20,23)/b19-10-. The number of halogens is 1. The smallest absolute Gasteiger partial charge is 0.270 e. The molecule has 2 rings (SSSR count). The van der Waals surface area contributed by atoms with Gasteiger partial charge >= 0.3 is 0 Å². The summed E-state index contributed by atoms with van der Waals surface area (Å²) in [6.07, 6.45) is 2.10. The minimum atomic E-state index is -3.75. The average molecular weight is 441 g/mol. The molecule has 0 aliphatic rings. The van der Waals surface area contributed by atoms with Crippen molar-refractivity contribution in [3.63, 3.8) is 0 Å². The van der Waals surface area contributed by atoms with Crippen molar-refractivity contribution in [3.8, 4) is 5.75 Å². The molecule has 1 amide bonds. The van der Waals surface area contributed by atoms with E-state index in [9.17, 15) is 23.3 Å². The number of nitro groups is 1. The maximum absolute atomic E-state index is 12.1. The predicted molar refractivity (Wildman–Crippen MR) is 109 cm³/mol. The lowest BCUT2D eigenvalue weighted by atomic mass is 10.2. The Labute approximate surface area is 171 Å². The number of carbonyl (C=O) groups is 1. The molecule has 2 aromatic rings. The minimum Gasteiger partial charge on any atom is -0.497 e. The summed E-state index contributed by atoms with van der Waals surface area (Å²) >= 11 is 5.94. The number of hydrogen-bond acceptors (Lipinski definition) is 7. The average Bonchev–Trinajstić information content (AvgIpc) is 2.66. The topological polar surface area (TPSA) is 131 Å². The molecule has 0 aliphatic carbocycles. The summed E-state index contributed by atoms with van der Waals surface area (Å²) in [5.41, 5.74) is 2.47. The van der Waals surface area contributed by atoms with Gasteiger partial charge in [-0.25, -0.2) is 13.8 Å². The van der Waals surface area contributed by atoms with Crippen LogP contribution in [0.5, 0.6) is 5.75 Å². The minimum absolute atomic E-state index is 0.190. The number of sulfonamides is 1. The summed E-state index contributed by atoms with van der Waals surface area (Å²) in [6.45, 7) is -0.523. The molecule has 0 spiro atoms. The van der Waals surface area contributed by atoms with E-state index in [1.807, 2.05) is 0 Å². The molecule has 29 heavy (non-hydrogen) atoms. The van der Waals surface area contributed by atoms with Gasteiger partial charge in [-0.3, -0.25) is 19.2 Å². The van der Waals surface area contributed by atoms with E-state index in [1.54, 1.807) is 12.1 Å².